The fourth-order valence-electron chi connectivity index (χ4n) is 1.70. The van der Waals surface area contributed by atoms with Crippen molar-refractivity contribution in [3.63, 3.8) is 0 Å². The highest BCUT2D eigenvalue weighted by molar-refractivity contribution is 5.74. The molecule has 0 aliphatic carbocycles. The molecule has 5 nitrogen and oxygen atoms in total. The molecule has 0 aliphatic heterocycles. The van der Waals surface area contributed by atoms with E-state index in [4.69, 9.17) is 5.11 Å². The second-order valence-electron chi connectivity index (χ2n) is 4.71. The number of nitrogens with one attached hydrogen (secondary N) is 1. The summed E-state index contributed by atoms with van der Waals surface area (Å²) < 4.78 is 0. The van der Waals surface area contributed by atoms with Gasteiger partial charge in [-0.25, -0.2) is 4.79 Å². The molecule has 0 aliphatic rings. The average Bonchev–Trinajstić information content (AvgIpc) is 2.33. The number of rotatable bonds is 9. The van der Waals surface area contributed by atoms with E-state index in [0.29, 0.717) is 13.0 Å². The van der Waals surface area contributed by atoms with E-state index >= 15 is 0 Å². The first-order chi connectivity index (χ1) is 8.51. The molecule has 0 saturated carbocycles. The summed E-state index contributed by atoms with van der Waals surface area (Å²) in [6.07, 6.45) is 2.64. The van der Waals surface area contributed by atoms with Gasteiger partial charge in [0.25, 0.3) is 0 Å². The maximum Gasteiger partial charge on any atom is 0.317 e. The third kappa shape index (κ3) is 7.92. The molecule has 0 saturated heterocycles. The number of hydrogen-bond acceptors (Lipinski definition) is 2. The van der Waals surface area contributed by atoms with Gasteiger partial charge >= 0.3 is 12.0 Å². The molecule has 0 aromatic rings. The summed E-state index contributed by atoms with van der Waals surface area (Å²) in [5.74, 6) is -0.595. The Morgan fingerprint density at radius 3 is 2.22 bits per heavy atom. The lowest BCUT2D eigenvalue weighted by atomic mass is 10.1. The van der Waals surface area contributed by atoms with Crippen LogP contribution in [0.2, 0.25) is 0 Å². The van der Waals surface area contributed by atoms with Crippen molar-refractivity contribution >= 4 is 12.0 Å². The predicted molar refractivity (Wildman–Crippen MR) is 71.6 cm³/mol. The normalized spacial score (nSPS) is 11.9. The van der Waals surface area contributed by atoms with Crippen LogP contribution < -0.4 is 5.32 Å². The largest absolute Gasteiger partial charge is 0.481 e. The molecule has 0 aromatic heterocycles. The molecular formula is C13H26N2O3. The second-order valence-corrected chi connectivity index (χ2v) is 4.71. The maximum atomic E-state index is 11.9. The number of urea groups is 1. The van der Waals surface area contributed by atoms with Crippen molar-refractivity contribution < 1.29 is 14.7 Å². The lowest BCUT2D eigenvalue weighted by Crippen LogP contribution is -2.42. The molecule has 0 radical (unpaired) electrons. The van der Waals surface area contributed by atoms with Crippen molar-refractivity contribution in [2.75, 3.05) is 19.6 Å². The zero-order valence-electron chi connectivity index (χ0n) is 11.7. The van der Waals surface area contributed by atoms with Crippen molar-refractivity contribution in [1.82, 2.24) is 10.2 Å². The van der Waals surface area contributed by atoms with Gasteiger partial charge in [-0.05, 0) is 25.2 Å². The molecule has 0 fully saturated rings. The number of amides is 2. The van der Waals surface area contributed by atoms with Crippen LogP contribution in [0.25, 0.3) is 0 Å². The third-order valence-corrected chi connectivity index (χ3v) is 2.73. The molecule has 2 amide bonds. The molecular weight excluding hydrogens is 232 g/mol. The van der Waals surface area contributed by atoms with Crippen LogP contribution in [-0.2, 0) is 4.79 Å². The van der Waals surface area contributed by atoms with Gasteiger partial charge in [0.1, 0.15) is 0 Å². The Morgan fingerprint density at radius 2 is 1.78 bits per heavy atom. The molecule has 18 heavy (non-hydrogen) atoms. The van der Waals surface area contributed by atoms with E-state index in [-0.39, 0.29) is 18.4 Å². The number of carboxylic acids is 1. The molecule has 0 bridgehead atoms. The molecule has 0 spiro atoms. The Labute approximate surface area is 110 Å². The van der Waals surface area contributed by atoms with Gasteiger partial charge in [0, 0.05) is 26.1 Å². The highest BCUT2D eigenvalue weighted by Gasteiger charge is 2.12. The van der Waals surface area contributed by atoms with Crippen LogP contribution in [0.1, 0.15) is 46.5 Å². The zero-order chi connectivity index (χ0) is 14.0. The summed E-state index contributed by atoms with van der Waals surface area (Å²) in [5.41, 5.74) is 0. The van der Waals surface area contributed by atoms with Crippen LogP contribution in [0.15, 0.2) is 0 Å². The third-order valence-electron chi connectivity index (χ3n) is 2.73. The average molecular weight is 258 g/mol. The topological polar surface area (TPSA) is 69.6 Å². The van der Waals surface area contributed by atoms with Gasteiger partial charge in [0.2, 0.25) is 0 Å². The first-order valence-corrected chi connectivity index (χ1v) is 6.75. The molecule has 0 heterocycles. The SMILES string of the molecule is CCCN(CCC)C(=O)NCC(C)CCC(=O)O. The van der Waals surface area contributed by atoms with Crippen LogP contribution in [0, 0.1) is 5.92 Å². The van der Waals surface area contributed by atoms with Crippen molar-refractivity contribution in [2.45, 2.75) is 46.5 Å². The van der Waals surface area contributed by atoms with Crippen molar-refractivity contribution in [3.05, 3.63) is 0 Å². The number of nitrogens with zero attached hydrogens (tertiary/aromatic N) is 1. The predicted octanol–water partition coefficient (Wildman–Crippen LogP) is 2.32. The summed E-state index contributed by atoms with van der Waals surface area (Å²) in [4.78, 5) is 24.1. The minimum atomic E-state index is -0.785. The lowest BCUT2D eigenvalue weighted by Gasteiger charge is -2.23. The fourth-order valence-corrected chi connectivity index (χ4v) is 1.70. The number of carbonyl (C=O) groups excluding carboxylic acids is 1. The van der Waals surface area contributed by atoms with Crippen molar-refractivity contribution in [3.8, 4) is 0 Å². The summed E-state index contributed by atoms with van der Waals surface area (Å²) in [6, 6.07) is -0.0409. The van der Waals surface area contributed by atoms with E-state index in [1.54, 1.807) is 0 Å². The highest BCUT2D eigenvalue weighted by atomic mass is 16.4. The summed E-state index contributed by atoms with van der Waals surface area (Å²) in [6.45, 7) is 8.12. The maximum absolute atomic E-state index is 11.9. The monoisotopic (exact) mass is 258 g/mol. The smallest absolute Gasteiger partial charge is 0.317 e. The Bertz CT molecular complexity index is 251. The molecule has 0 rings (SSSR count). The highest BCUT2D eigenvalue weighted by Crippen LogP contribution is 2.04. The number of carboxylic acid groups (broad SMARTS) is 1. The number of aliphatic carboxylic acids is 1. The Morgan fingerprint density at radius 1 is 1.22 bits per heavy atom. The standard InChI is InChI=1S/C13H26N2O3/c1-4-8-15(9-5-2)13(18)14-10-11(3)6-7-12(16)17/h11H,4-10H2,1-3H3,(H,14,18)(H,16,17). The van der Waals surface area contributed by atoms with Crippen LogP contribution in [0.4, 0.5) is 4.79 Å². The molecule has 1 unspecified atom stereocenters. The molecule has 1 atom stereocenters. The lowest BCUT2D eigenvalue weighted by molar-refractivity contribution is -0.137. The van der Waals surface area contributed by atoms with E-state index in [9.17, 15) is 9.59 Å². The van der Waals surface area contributed by atoms with Crippen LogP contribution >= 0.6 is 0 Å². The second kappa shape index (κ2) is 9.74. The first-order valence-electron chi connectivity index (χ1n) is 6.75. The van der Waals surface area contributed by atoms with Gasteiger partial charge in [0.05, 0.1) is 0 Å². The van der Waals surface area contributed by atoms with Gasteiger partial charge in [-0.3, -0.25) is 4.79 Å². The Balaban J connectivity index is 3.94. The van der Waals surface area contributed by atoms with Crippen LogP contribution in [0.5, 0.6) is 0 Å². The van der Waals surface area contributed by atoms with Gasteiger partial charge < -0.3 is 15.3 Å². The minimum absolute atomic E-state index is 0.0409. The van der Waals surface area contributed by atoms with E-state index in [1.165, 1.54) is 0 Å². The van der Waals surface area contributed by atoms with E-state index in [0.717, 1.165) is 25.9 Å². The summed E-state index contributed by atoms with van der Waals surface area (Å²) >= 11 is 0. The number of carbonyl (C=O) groups is 2. The van der Waals surface area contributed by atoms with Crippen molar-refractivity contribution in [2.24, 2.45) is 5.92 Å². The molecule has 106 valence electrons. The van der Waals surface area contributed by atoms with Crippen molar-refractivity contribution in [1.29, 1.82) is 0 Å². The first kappa shape index (κ1) is 16.7. The fraction of sp³-hybridized carbons (Fsp3) is 0.846. The van der Waals surface area contributed by atoms with Crippen LogP contribution in [0.3, 0.4) is 0 Å². The quantitative estimate of drug-likeness (QED) is 0.667. The van der Waals surface area contributed by atoms with Gasteiger partial charge in [-0.1, -0.05) is 20.8 Å². The van der Waals surface area contributed by atoms with Gasteiger partial charge in [-0.15, -0.1) is 0 Å². The van der Waals surface area contributed by atoms with Gasteiger partial charge in [-0.2, -0.15) is 0 Å². The number of hydrogen-bond donors (Lipinski definition) is 2. The minimum Gasteiger partial charge on any atom is -0.481 e. The van der Waals surface area contributed by atoms with E-state index < -0.39 is 5.97 Å². The summed E-state index contributed by atoms with van der Waals surface area (Å²) in [7, 11) is 0. The Hall–Kier alpha value is -1.26. The summed E-state index contributed by atoms with van der Waals surface area (Å²) in [5, 5.41) is 11.4. The van der Waals surface area contributed by atoms with Crippen LogP contribution in [-0.4, -0.2) is 41.6 Å². The molecule has 5 heteroatoms. The molecule has 0 aromatic carbocycles. The zero-order valence-corrected chi connectivity index (χ0v) is 11.7. The van der Waals surface area contributed by atoms with E-state index in [1.807, 2.05) is 25.7 Å². The Kier molecular flexibility index (Phi) is 9.06. The van der Waals surface area contributed by atoms with E-state index in [2.05, 4.69) is 5.32 Å². The van der Waals surface area contributed by atoms with Gasteiger partial charge in [0.15, 0.2) is 0 Å². The molecule has 2 N–H and O–H groups in total.